The first-order valence-corrected chi connectivity index (χ1v) is 9.81. The number of aromatic nitrogens is 2. The fourth-order valence-electron chi connectivity index (χ4n) is 3.85. The van der Waals surface area contributed by atoms with E-state index in [2.05, 4.69) is 27.6 Å². The van der Waals surface area contributed by atoms with E-state index in [-0.39, 0.29) is 17.7 Å². The van der Waals surface area contributed by atoms with Gasteiger partial charge in [0.2, 0.25) is 11.8 Å². The third-order valence-corrected chi connectivity index (χ3v) is 5.70. The van der Waals surface area contributed by atoms with Crippen LogP contribution in [0.4, 0.5) is 11.5 Å². The Kier molecular flexibility index (Phi) is 5.34. The number of carbonyl (C=O) groups excluding carboxylic acids is 2. The predicted molar refractivity (Wildman–Crippen MR) is 106 cm³/mol. The Hall–Kier alpha value is -2.80. The van der Waals surface area contributed by atoms with Gasteiger partial charge in [-0.3, -0.25) is 14.5 Å². The van der Waals surface area contributed by atoms with Gasteiger partial charge in [0.25, 0.3) is 0 Å². The van der Waals surface area contributed by atoms with Crippen LogP contribution in [-0.2, 0) is 9.59 Å². The molecule has 0 aliphatic carbocycles. The lowest BCUT2D eigenvalue weighted by Gasteiger charge is -2.33. The van der Waals surface area contributed by atoms with E-state index in [9.17, 15) is 9.59 Å². The smallest absolute Gasteiger partial charge is 0.238 e. The predicted octanol–water partition coefficient (Wildman–Crippen LogP) is 2.09. The van der Waals surface area contributed by atoms with Crippen molar-refractivity contribution in [2.24, 2.45) is 5.92 Å². The van der Waals surface area contributed by atoms with Gasteiger partial charge in [-0.25, -0.2) is 0 Å². The first-order chi connectivity index (χ1) is 13.6. The van der Waals surface area contributed by atoms with Crippen molar-refractivity contribution in [3.05, 3.63) is 48.2 Å². The molecule has 7 nitrogen and oxygen atoms in total. The van der Waals surface area contributed by atoms with Crippen LogP contribution < -0.4 is 10.2 Å². The van der Waals surface area contributed by atoms with Gasteiger partial charge in [-0.1, -0.05) is 12.1 Å². The summed E-state index contributed by atoms with van der Waals surface area (Å²) in [5.74, 6) is 1.15. The molecule has 2 amide bonds. The van der Waals surface area contributed by atoms with Crippen molar-refractivity contribution in [2.75, 3.05) is 31.1 Å². The summed E-state index contributed by atoms with van der Waals surface area (Å²) < 4.78 is 0. The zero-order valence-electron chi connectivity index (χ0n) is 16.0. The molecule has 2 aliphatic heterocycles. The molecule has 1 aromatic heterocycles. The molecule has 0 unspecified atom stereocenters. The Morgan fingerprint density at radius 2 is 1.82 bits per heavy atom. The van der Waals surface area contributed by atoms with Crippen LogP contribution in [0.5, 0.6) is 0 Å². The third-order valence-electron chi connectivity index (χ3n) is 5.70. The second-order valence-electron chi connectivity index (χ2n) is 7.48. The van der Waals surface area contributed by atoms with E-state index in [1.165, 1.54) is 5.56 Å². The summed E-state index contributed by atoms with van der Waals surface area (Å²) in [5, 5.41) is 11.2. The Labute approximate surface area is 164 Å². The molecule has 2 saturated heterocycles. The largest absolute Gasteiger partial charge is 0.343 e. The van der Waals surface area contributed by atoms with Crippen LogP contribution >= 0.6 is 0 Å². The Morgan fingerprint density at radius 3 is 2.36 bits per heavy atom. The first-order valence-electron chi connectivity index (χ1n) is 9.81. The zero-order chi connectivity index (χ0) is 19.5. The van der Waals surface area contributed by atoms with Crippen LogP contribution in [0, 0.1) is 5.92 Å². The molecule has 0 spiro atoms. The second-order valence-corrected chi connectivity index (χ2v) is 7.48. The molecule has 1 aromatic carbocycles. The van der Waals surface area contributed by atoms with Crippen molar-refractivity contribution in [1.82, 2.24) is 20.4 Å². The van der Waals surface area contributed by atoms with Gasteiger partial charge in [0, 0.05) is 39.3 Å². The lowest BCUT2D eigenvalue weighted by atomic mass is 9.89. The van der Waals surface area contributed by atoms with Crippen LogP contribution in [0.1, 0.15) is 31.2 Å². The molecule has 2 aliphatic rings. The first kappa shape index (κ1) is 18.6. The molecular weight excluding hydrogens is 354 g/mol. The van der Waals surface area contributed by atoms with E-state index in [1.54, 1.807) is 24.1 Å². The average Bonchev–Trinajstić information content (AvgIpc) is 2.68. The van der Waals surface area contributed by atoms with Gasteiger partial charge in [-0.15, -0.1) is 5.10 Å². The number of benzene rings is 1. The molecule has 7 heteroatoms. The molecule has 4 rings (SSSR count). The summed E-state index contributed by atoms with van der Waals surface area (Å²) >= 11 is 0. The number of piperidine rings is 1. The summed E-state index contributed by atoms with van der Waals surface area (Å²) in [4.78, 5) is 28.1. The minimum absolute atomic E-state index is 0.0300. The number of rotatable bonds is 4. The van der Waals surface area contributed by atoms with E-state index >= 15 is 0 Å². The van der Waals surface area contributed by atoms with Crippen LogP contribution in [0.2, 0.25) is 0 Å². The van der Waals surface area contributed by atoms with Crippen molar-refractivity contribution in [3.8, 4) is 0 Å². The lowest BCUT2D eigenvalue weighted by Crippen LogP contribution is -2.51. The van der Waals surface area contributed by atoms with Gasteiger partial charge in [-0.2, -0.15) is 5.10 Å². The van der Waals surface area contributed by atoms with Crippen molar-refractivity contribution in [2.45, 2.75) is 25.7 Å². The van der Waals surface area contributed by atoms with Crippen LogP contribution in [-0.4, -0.2) is 53.1 Å². The van der Waals surface area contributed by atoms with Crippen molar-refractivity contribution in [3.63, 3.8) is 0 Å². The molecule has 1 N–H and O–H groups in total. The quantitative estimate of drug-likeness (QED) is 0.880. The van der Waals surface area contributed by atoms with Gasteiger partial charge in [0.05, 0.1) is 11.6 Å². The zero-order valence-corrected chi connectivity index (χ0v) is 16.0. The highest BCUT2D eigenvalue weighted by Crippen LogP contribution is 2.32. The standard InChI is InChI=1S/C21H25N5O2/c1-15(27)25-11-8-17(9-12-25)16-4-6-19(7-5-16)26(20-3-2-10-23-24-20)21(28)18-13-22-14-18/h2-7,10,17-18,22H,8-9,11-14H2,1H3. The Morgan fingerprint density at radius 1 is 1.11 bits per heavy atom. The fraction of sp³-hybridized carbons (Fsp3) is 0.429. The highest BCUT2D eigenvalue weighted by atomic mass is 16.2. The monoisotopic (exact) mass is 379 g/mol. The van der Waals surface area contributed by atoms with Gasteiger partial charge in [0.15, 0.2) is 5.82 Å². The third kappa shape index (κ3) is 3.75. The number of hydrogen-bond donors (Lipinski definition) is 1. The van der Waals surface area contributed by atoms with Crippen LogP contribution in [0.15, 0.2) is 42.6 Å². The molecule has 28 heavy (non-hydrogen) atoms. The molecule has 0 saturated carbocycles. The van der Waals surface area contributed by atoms with Gasteiger partial charge >= 0.3 is 0 Å². The summed E-state index contributed by atoms with van der Waals surface area (Å²) in [7, 11) is 0. The van der Waals surface area contributed by atoms with Gasteiger partial charge in [-0.05, 0) is 48.6 Å². The summed E-state index contributed by atoms with van der Waals surface area (Å²) in [6.07, 6.45) is 3.55. The Balaban J connectivity index is 1.53. The highest BCUT2D eigenvalue weighted by molar-refractivity contribution is 6.01. The Bertz CT molecular complexity index is 828. The van der Waals surface area contributed by atoms with E-state index in [0.717, 1.165) is 31.6 Å². The van der Waals surface area contributed by atoms with Crippen molar-refractivity contribution < 1.29 is 9.59 Å². The van der Waals surface area contributed by atoms with Gasteiger partial charge in [0.1, 0.15) is 0 Å². The maximum atomic E-state index is 13.0. The molecule has 0 bridgehead atoms. The van der Waals surface area contributed by atoms with E-state index in [4.69, 9.17) is 0 Å². The maximum Gasteiger partial charge on any atom is 0.238 e. The number of carbonyl (C=O) groups is 2. The molecule has 2 aromatic rings. The molecule has 0 radical (unpaired) electrons. The van der Waals surface area contributed by atoms with Crippen LogP contribution in [0.25, 0.3) is 0 Å². The molecule has 146 valence electrons. The number of nitrogens with zero attached hydrogens (tertiary/aromatic N) is 4. The maximum absolute atomic E-state index is 13.0. The highest BCUT2D eigenvalue weighted by Gasteiger charge is 2.32. The minimum Gasteiger partial charge on any atom is -0.343 e. The van der Waals surface area contributed by atoms with E-state index in [0.29, 0.717) is 24.8 Å². The minimum atomic E-state index is -0.0300. The molecular formula is C21H25N5O2. The molecule has 3 heterocycles. The molecule has 0 atom stereocenters. The van der Waals surface area contributed by atoms with Crippen LogP contribution in [0.3, 0.4) is 0 Å². The number of anilines is 2. The number of nitrogens with one attached hydrogen (secondary N) is 1. The summed E-state index contributed by atoms with van der Waals surface area (Å²) in [6.45, 7) is 4.64. The number of likely N-dealkylation sites (tertiary alicyclic amines) is 1. The SMILES string of the molecule is CC(=O)N1CCC(c2ccc(N(C(=O)C3CNC3)c3cccnn3)cc2)CC1. The number of hydrogen-bond acceptors (Lipinski definition) is 5. The lowest BCUT2D eigenvalue weighted by molar-refractivity contribution is -0.129. The average molecular weight is 379 g/mol. The number of amides is 2. The fourth-order valence-corrected chi connectivity index (χ4v) is 3.85. The summed E-state index contributed by atoms with van der Waals surface area (Å²) in [6, 6.07) is 11.8. The normalized spacial score (nSPS) is 17.8. The van der Waals surface area contributed by atoms with Crippen molar-refractivity contribution in [1.29, 1.82) is 0 Å². The van der Waals surface area contributed by atoms with E-state index < -0.39 is 0 Å². The second kappa shape index (κ2) is 8.06. The molecule has 2 fully saturated rings. The van der Waals surface area contributed by atoms with Gasteiger partial charge < -0.3 is 10.2 Å². The summed E-state index contributed by atoms with van der Waals surface area (Å²) in [5.41, 5.74) is 2.06. The van der Waals surface area contributed by atoms with E-state index in [1.807, 2.05) is 23.1 Å². The van der Waals surface area contributed by atoms with Crippen molar-refractivity contribution >= 4 is 23.3 Å². The topological polar surface area (TPSA) is 78.4 Å².